The zero-order valence-electron chi connectivity index (χ0n) is 11.5. The van der Waals surface area contributed by atoms with Crippen LogP contribution in [0.15, 0.2) is 0 Å². The summed E-state index contributed by atoms with van der Waals surface area (Å²) in [6.07, 6.45) is 5.50. The summed E-state index contributed by atoms with van der Waals surface area (Å²) in [5.41, 5.74) is 0. The molecular weight excluding hydrogens is 230 g/mol. The second-order valence-corrected chi connectivity index (χ2v) is 5.11. The molecule has 1 aliphatic rings. The van der Waals surface area contributed by atoms with E-state index in [1.807, 2.05) is 13.8 Å². The lowest BCUT2D eigenvalue weighted by atomic mass is 9.78. The summed E-state index contributed by atoms with van der Waals surface area (Å²) >= 11 is 0. The molecule has 1 rings (SSSR count). The Balaban J connectivity index is 2.62. The van der Waals surface area contributed by atoms with E-state index in [4.69, 9.17) is 0 Å². The van der Waals surface area contributed by atoms with Gasteiger partial charge in [0, 0.05) is 19.5 Å². The minimum Gasteiger partial charge on any atom is -0.481 e. The highest BCUT2D eigenvalue weighted by Gasteiger charge is 2.32. The Labute approximate surface area is 109 Å². The van der Waals surface area contributed by atoms with Crippen LogP contribution in [0.25, 0.3) is 0 Å². The first-order valence-corrected chi connectivity index (χ1v) is 7.10. The monoisotopic (exact) mass is 255 g/mol. The first-order valence-electron chi connectivity index (χ1n) is 7.10. The third-order valence-electron chi connectivity index (χ3n) is 4.05. The lowest BCUT2D eigenvalue weighted by molar-refractivity contribution is -0.148. The Kier molecular flexibility index (Phi) is 6.16. The lowest BCUT2D eigenvalue weighted by Gasteiger charge is -2.28. The van der Waals surface area contributed by atoms with E-state index in [0.717, 1.165) is 25.7 Å². The van der Waals surface area contributed by atoms with Crippen molar-refractivity contribution in [1.82, 2.24) is 4.90 Å². The van der Waals surface area contributed by atoms with Crippen molar-refractivity contribution in [3.05, 3.63) is 0 Å². The van der Waals surface area contributed by atoms with Crippen molar-refractivity contribution in [3.63, 3.8) is 0 Å². The van der Waals surface area contributed by atoms with Crippen LogP contribution in [0.4, 0.5) is 0 Å². The van der Waals surface area contributed by atoms with Gasteiger partial charge in [-0.25, -0.2) is 0 Å². The van der Waals surface area contributed by atoms with Crippen LogP contribution >= 0.6 is 0 Å². The molecule has 4 heteroatoms. The maximum absolute atomic E-state index is 12.0. The largest absolute Gasteiger partial charge is 0.481 e. The second-order valence-electron chi connectivity index (χ2n) is 5.11. The Hall–Kier alpha value is -1.06. The highest BCUT2D eigenvalue weighted by molar-refractivity contribution is 5.82. The number of carboxylic acid groups (broad SMARTS) is 1. The van der Waals surface area contributed by atoms with Crippen molar-refractivity contribution in [3.8, 4) is 0 Å². The fourth-order valence-electron chi connectivity index (χ4n) is 2.89. The quantitative estimate of drug-likeness (QED) is 0.793. The molecule has 104 valence electrons. The van der Waals surface area contributed by atoms with E-state index < -0.39 is 11.9 Å². The molecule has 1 amide bonds. The van der Waals surface area contributed by atoms with Gasteiger partial charge in [-0.1, -0.05) is 19.3 Å². The summed E-state index contributed by atoms with van der Waals surface area (Å²) in [5.74, 6) is -1.12. The molecule has 1 N–H and O–H groups in total. The Morgan fingerprint density at radius 3 is 2.17 bits per heavy atom. The molecule has 1 unspecified atom stereocenters. The summed E-state index contributed by atoms with van der Waals surface area (Å²) in [7, 11) is 0. The molecule has 1 fully saturated rings. The summed E-state index contributed by atoms with van der Waals surface area (Å²) in [4.78, 5) is 25.1. The average Bonchev–Trinajstić information content (AvgIpc) is 2.38. The highest BCUT2D eigenvalue weighted by Crippen LogP contribution is 2.32. The molecule has 0 bridgehead atoms. The molecular formula is C14H25NO3. The van der Waals surface area contributed by atoms with E-state index in [-0.39, 0.29) is 18.2 Å². The van der Waals surface area contributed by atoms with Gasteiger partial charge in [-0.15, -0.1) is 0 Å². The van der Waals surface area contributed by atoms with Gasteiger partial charge in [-0.2, -0.15) is 0 Å². The minimum absolute atomic E-state index is 0.0158. The number of hydrogen-bond acceptors (Lipinski definition) is 2. The zero-order chi connectivity index (χ0) is 13.5. The van der Waals surface area contributed by atoms with Crippen molar-refractivity contribution in [2.75, 3.05) is 13.1 Å². The maximum atomic E-state index is 12.0. The van der Waals surface area contributed by atoms with E-state index in [0.29, 0.717) is 13.1 Å². The van der Waals surface area contributed by atoms with E-state index >= 15 is 0 Å². The van der Waals surface area contributed by atoms with Crippen LogP contribution in [0.1, 0.15) is 52.4 Å². The summed E-state index contributed by atoms with van der Waals surface area (Å²) in [5, 5.41) is 9.33. The first kappa shape index (κ1) is 15.0. The topological polar surface area (TPSA) is 57.6 Å². The Bertz CT molecular complexity index is 281. The predicted molar refractivity (Wildman–Crippen MR) is 70.2 cm³/mol. The molecule has 1 aliphatic carbocycles. The van der Waals surface area contributed by atoms with Gasteiger partial charge in [-0.3, -0.25) is 9.59 Å². The third kappa shape index (κ3) is 4.00. The fraction of sp³-hybridized carbons (Fsp3) is 0.857. The van der Waals surface area contributed by atoms with Gasteiger partial charge in [0.25, 0.3) is 0 Å². The molecule has 1 atom stereocenters. The third-order valence-corrected chi connectivity index (χ3v) is 4.05. The highest BCUT2D eigenvalue weighted by atomic mass is 16.4. The molecule has 0 aromatic rings. The van der Waals surface area contributed by atoms with Crippen LogP contribution in [-0.2, 0) is 9.59 Å². The van der Waals surface area contributed by atoms with Crippen LogP contribution in [-0.4, -0.2) is 35.0 Å². The summed E-state index contributed by atoms with van der Waals surface area (Å²) < 4.78 is 0. The van der Waals surface area contributed by atoms with E-state index in [2.05, 4.69) is 0 Å². The van der Waals surface area contributed by atoms with Gasteiger partial charge in [-0.05, 0) is 32.6 Å². The first-order chi connectivity index (χ1) is 8.60. The predicted octanol–water partition coefficient (Wildman–Crippen LogP) is 2.53. The molecule has 0 aliphatic heterocycles. The van der Waals surface area contributed by atoms with Crippen LogP contribution < -0.4 is 0 Å². The molecule has 1 saturated carbocycles. The SMILES string of the molecule is CCN(CC)C(=O)CC(C(=O)O)C1CCCCC1. The van der Waals surface area contributed by atoms with Crippen molar-refractivity contribution in [1.29, 1.82) is 0 Å². The van der Waals surface area contributed by atoms with Gasteiger partial charge in [0.05, 0.1) is 5.92 Å². The van der Waals surface area contributed by atoms with Crippen molar-refractivity contribution >= 4 is 11.9 Å². The van der Waals surface area contributed by atoms with Crippen LogP contribution in [0, 0.1) is 11.8 Å². The van der Waals surface area contributed by atoms with E-state index in [1.54, 1.807) is 4.90 Å². The zero-order valence-corrected chi connectivity index (χ0v) is 11.5. The molecule has 0 heterocycles. The average molecular weight is 255 g/mol. The Morgan fingerprint density at radius 1 is 1.17 bits per heavy atom. The van der Waals surface area contributed by atoms with E-state index in [9.17, 15) is 14.7 Å². The number of aliphatic carboxylic acids is 1. The molecule has 0 aromatic carbocycles. The second kappa shape index (κ2) is 7.39. The van der Waals surface area contributed by atoms with Crippen LogP contribution in [0.5, 0.6) is 0 Å². The maximum Gasteiger partial charge on any atom is 0.307 e. The van der Waals surface area contributed by atoms with Gasteiger partial charge < -0.3 is 10.0 Å². The number of carbonyl (C=O) groups excluding carboxylic acids is 1. The van der Waals surface area contributed by atoms with Crippen molar-refractivity contribution in [2.45, 2.75) is 52.4 Å². The number of nitrogens with zero attached hydrogens (tertiary/aromatic N) is 1. The molecule has 0 spiro atoms. The molecule has 0 aromatic heterocycles. The van der Waals surface area contributed by atoms with Gasteiger partial charge in [0.1, 0.15) is 0 Å². The smallest absolute Gasteiger partial charge is 0.307 e. The molecule has 0 saturated heterocycles. The number of hydrogen-bond donors (Lipinski definition) is 1. The van der Waals surface area contributed by atoms with Gasteiger partial charge in [0.2, 0.25) is 5.91 Å². The number of carboxylic acids is 1. The van der Waals surface area contributed by atoms with Gasteiger partial charge in [0.15, 0.2) is 0 Å². The van der Waals surface area contributed by atoms with Crippen molar-refractivity contribution in [2.24, 2.45) is 11.8 Å². The van der Waals surface area contributed by atoms with E-state index in [1.165, 1.54) is 6.42 Å². The number of rotatable bonds is 6. The molecule has 4 nitrogen and oxygen atoms in total. The standard InChI is InChI=1S/C14H25NO3/c1-3-15(4-2)13(16)10-12(14(17)18)11-8-6-5-7-9-11/h11-12H,3-10H2,1-2H3,(H,17,18). The number of amides is 1. The minimum atomic E-state index is -0.803. The van der Waals surface area contributed by atoms with Crippen LogP contribution in [0.2, 0.25) is 0 Å². The lowest BCUT2D eigenvalue weighted by Crippen LogP contribution is -2.36. The number of carbonyl (C=O) groups is 2. The van der Waals surface area contributed by atoms with Gasteiger partial charge >= 0.3 is 5.97 Å². The van der Waals surface area contributed by atoms with Crippen LogP contribution in [0.3, 0.4) is 0 Å². The molecule has 18 heavy (non-hydrogen) atoms. The van der Waals surface area contributed by atoms with Crippen molar-refractivity contribution < 1.29 is 14.7 Å². The summed E-state index contributed by atoms with van der Waals surface area (Å²) in [6, 6.07) is 0. The molecule has 0 radical (unpaired) electrons. The summed E-state index contributed by atoms with van der Waals surface area (Å²) in [6.45, 7) is 5.17. The Morgan fingerprint density at radius 2 is 1.72 bits per heavy atom. The normalized spacial score (nSPS) is 18.3. The fourth-order valence-corrected chi connectivity index (χ4v) is 2.89.